The SMILES string of the molecule is CCOc1cccc(N2CC(O)(C3CC3)C2)n1. The van der Waals surface area contributed by atoms with Gasteiger partial charge in [0.2, 0.25) is 5.88 Å². The Bertz CT molecular complexity index is 412. The van der Waals surface area contributed by atoms with Crippen molar-refractivity contribution in [2.45, 2.75) is 25.4 Å². The smallest absolute Gasteiger partial charge is 0.215 e. The van der Waals surface area contributed by atoms with Gasteiger partial charge in [-0.3, -0.25) is 0 Å². The molecule has 0 spiro atoms. The molecule has 4 nitrogen and oxygen atoms in total. The first kappa shape index (κ1) is 10.8. The van der Waals surface area contributed by atoms with Crippen molar-refractivity contribution in [2.75, 3.05) is 24.6 Å². The summed E-state index contributed by atoms with van der Waals surface area (Å²) >= 11 is 0. The van der Waals surface area contributed by atoms with Crippen LogP contribution < -0.4 is 9.64 Å². The van der Waals surface area contributed by atoms with Gasteiger partial charge in [0.05, 0.1) is 19.7 Å². The van der Waals surface area contributed by atoms with Crippen LogP contribution in [0.4, 0.5) is 5.82 Å². The highest BCUT2D eigenvalue weighted by Crippen LogP contribution is 2.45. The summed E-state index contributed by atoms with van der Waals surface area (Å²) in [5.41, 5.74) is -0.455. The van der Waals surface area contributed by atoms with Gasteiger partial charge < -0.3 is 14.7 Å². The number of ether oxygens (including phenoxy) is 1. The maximum atomic E-state index is 10.3. The highest BCUT2D eigenvalue weighted by molar-refractivity contribution is 5.46. The Morgan fingerprint density at radius 3 is 2.88 bits per heavy atom. The zero-order valence-corrected chi connectivity index (χ0v) is 10.1. The number of rotatable bonds is 4. The van der Waals surface area contributed by atoms with Crippen LogP contribution in [0.2, 0.25) is 0 Å². The monoisotopic (exact) mass is 234 g/mol. The van der Waals surface area contributed by atoms with E-state index in [1.54, 1.807) is 0 Å². The molecule has 3 rings (SSSR count). The highest BCUT2D eigenvalue weighted by Gasteiger charge is 2.52. The Labute approximate surface area is 101 Å². The largest absolute Gasteiger partial charge is 0.478 e. The van der Waals surface area contributed by atoms with Crippen LogP contribution in [-0.2, 0) is 0 Å². The van der Waals surface area contributed by atoms with Crippen LogP contribution in [-0.4, -0.2) is 35.4 Å². The van der Waals surface area contributed by atoms with Crippen molar-refractivity contribution >= 4 is 5.82 Å². The van der Waals surface area contributed by atoms with E-state index in [4.69, 9.17) is 4.74 Å². The van der Waals surface area contributed by atoms with E-state index < -0.39 is 5.60 Å². The van der Waals surface area contributed by atoms with Crippen LogP contribution in [0.1, 0.15) is 19.8 Å². The zero-order valence-electron chi connectivity index (χ0n) is 10.1. The predicted octanol–water partition coefficient (Wildman–Crippen LogP) is 1.44. The summed E-state index contributed by atoms with van der Waals surface area (Å²) in [7, 11) is 0. The first-order valence-corrected chi connectivity index (χ1v) is 6.28. The van der Waals surface area contributed by atoms with Crippen LogP contribution in [0.5, 0.6) is 5.88 Å². The van der Waals surface area contributed by atoms with Crippen LogP contribution >= 0.6 is 0 Å². The number of hydrogen-bond acceptors (Lipinski definition) is 4. The molecule has 1 aliphatic heterocycles. The Morgan fingerprint density at radius 1 is 1.47 bits per heavy atom. The Morgan fingerprint density at radius 2 is 2.24 bits per heavy atom. The van der Waals surface area contributed by atoms with Crippen LogP contribution in [0.15, 0.2) is 18.2 Å². The first-order chi connectivity index (χ1) is 8.21. The van der Waals surface area contributed by atoms with E-state index in [2.05, 4.69) is 9.88 Å². The van der Waals surface area contributed by atoms with Gasteiger partial charge in [0, 0.05) is 6.07 Å². The third-order valence-corrected chi connectivity index (χ3v) is 3.59. The molecule has 1 aromatic rings. The lowest BCUT2D eigenvalue weighted by molar-refractivity contribution is -0.00979. The van der Waals surface area contributed by atoms with E-state index in [1.165, 1.54) is 12.8 Å². The van der Waals surface area contributed by atoms with Crippen LogP contribution in [0.3, 0.4) is 0 Å². The maximum Gasteiger partial charge on any atom is 0.215 e. The van der Waals surface area contributed by atoms with Gasteiger partial charge in [-0.1, -0.05) is 6.07 Å². The molecule has 2 heterocycles. The molecule has 1 saturated heterocycles. The number of hydrogen-bond donors (Lipinski definition) is 1. The maximum absolute atomic E-state index is 10.3. The lowest BCUT2D eigenvalue weighted by Gasteiger charge is -2.47. The molecular formula is C13H18N2O2. The lowest BCUT2D eigenvalue weighted by atomic mass is 9.89. The molecule has 0 unspecified atom stereocenters. The number of pyridine rings is 1. The Hall–Kier alpha value is -1.29. The van der Waals surface area contributed by atoms with Gasteiger partial charge in [0.25, 0.3) is 0 Å². The molecule has 17 heavy (non-hydrogen) atoms. The van der Waals surface area contributed by atoms with Crippen molar-refractivity contribution < 1.29 is 9.84 Å². The van der Waals surface area contributed by atoms with Gasteiger partial charge in [-0.05, 0) is 31.7 Å². The summed E-state index contributed by atoms with van der Waals surface area (Å²) < 4.78 is 5.38. The minimum Gasteiger partial charge on any atom is -0.478 e. The molecule has 0 aromatic carbocycles. The zero-order chi connectivity index (χ0) is 11.9. The molecule has 92 valence electrons. The lowest BCUT2D eigenvalue weighted by Crippen LogP contribution is -2.63. The van der Waals surface area contributed by atoms with Gasteiger partial charge in [0.1, 0.15) is 11.4 Å². The number of β-amino-alcohol motifs (C(OH)–C–C–N with tert-alkyl or cyclic N) is 1. The summed E-state index contributed by atoms with van der Waals surface area (Å²) in [5, 5.41) is 10.3. The average molecular weight is 234 g/mol. The standard InChI is InChI=1S/C13H18N2O2/c1-2-17-12-5-3-4-11(14-12)15-8-13(16,9-15)10-6-7-10/h3-5,10,16H,2,6-9H2,1H3. The third-order valence-electron chi connectivity index (χ3n) is 3.59. The van der Waals surface area contributed by atoms with Gasteiger partial charge in [-0.15, -0.1) is 0 Å². The fourth-order valence-corrected chi connectivity index (χ4v) is 2.46. The topological polar surface area (TPSA) is 45.6 Å². The van der Waals surface area contributed by atoms with Crippen LogP contribution in [0, 0.1) is 5.92 Å². The van der Waals surface area contributed by atoms with Gasteiger partial charge >= 0.3 is 0 Å². The van der Waals surface area contributed by atoms with E-state index in [1.807, 2.05) is 25.1 Å². The molecule has 1 aromatic heterocycles. The summed E-state index contributed by atoms with van der Waals surface area (Å²) in [6.45, 7) is 3.99. The van der Waals surface area contributed by atoms with Crippen molar-refractivity contribution in [3.8, 4) is 5.88 Å². The molecule has 2 fully saturated rings. The molecule has 1 N–H and O–H groups in total. The van der Waals surface area contributed by atoms with E-state index in [9.17, 15) is 5.11 Å². The molecule has 0 bridgehead atoms. The van der Waals surface area contributed by atoms with Gasteiger partial charge in [-0.25, -0.2) is 0 Å². The van der Waals surface area contributed by atoms with Crippen molar-refractivity contribution in [3.63, 3.8) is 0 Å². The van der Waals surface area contributed by atoms with Crippen LogP contribution in [0.25, 0.3) is 0 Å². The first-order valence-electron chi connectivity index (χ1n) is 6.28. The Balaban J connectivity index is 1.67. The van der Waals surface area contributed by atoms with E-state index in [0.717, 1.165) is 5.82 Å². The second-order valence-corrected chi connectivity index (χ2v) is 5.00. The second-order valence-electron chi connectivity index (χ2n) is 5.00. The molecule has 2 aliphatic rings. The second kappa shape index (κ2) is 3.88. The summed E-state index contributed by atoms with van der Waals surface area (Å²) in [6.07, 6.45) is 2.35. The van der Waals surface area contributed by atoms with E-state index in [-0.39, 0.29) is 0 Å². The molecule has 0 amide bonds. The van der Waals surface area contributed by atoms with Crippen molar-refractivity contribution in [2.24, 2.45) is 5.92 Å². The van der Waals surface area contributed by atoms with Gasteiger partial charge in [-0.2, -0.15) is 4.98 Å². The fourth-order valence-electron chi connectivity index (χ4n) is 2.46. The van der Waals surface area contributed by atoms with E-state index in [0.29, 0.717) is 31.5 Å². The van der Waals surface area contributed by atoms with Crippen molar-refractivity contribution in [1.29, 1.82) is 0 Å². The molecule has 0 radical (unpaired) electrons. The molecule has 0 atom stereocenters. The number of nitrogens with zero attached hydrogens (tertiary/aromatic N) is 2. The number of anilines is 1. The number of aliphatic hydroxyl groups is 1. The summed E-state index contributed by atoms with van der Waals surface area (Å²) in [6, 6.07) is 5.77. The Kier molecular flexibility index (Phi) is 2.47. The average Bonchev–Trinajstić information content (AvgIpc) is 3.10. The minimum absolute atomic E-state index is 0.455. The normalized spacial score (nSPS) is 22.1. The molecule has 1 aliphatic carbocycles. The third kappa shape index (κ3) is 1.97. The summed E-state index contributed by atoms with van der Waals surface area (Å²) in [5.74, 6) is 2.09. The quantitative estimate of drug-likeness (QED) is 0.856. The number of aromatic nitrogens is 1. The van der Waals surface area contributed by atoms with Crippen molar-refractivity contribution in [1.82, 2.24) is 4.98 Å². The minimum atomic E-state index is -0.455. The predicted molar refractivity (Wildman–Crippen MR) is 65.3 cm³/mol. The fraction of sp³-hybridized carbons (Fsp3) is 0.615. The summed E-state index contributed by atoms with van der Waals surface area (Å²) in [4.78, 5) is 6.53. The molecular weight excluding hydrogens is 216 g/mol. The van der Waals surface area contributed by atoms with Gasteiger partial charge in [0.15, 0.2) is 0 Å². The van der Waals surface area contributed by atoms with Crippen molar-refractivity contribution in [3.05, 3.63) is 18.2 Å². The van der Waals surface area contributed by atoms with E-state index >= 15 is 0 Å². The highest BCUT2D eigenvalue weighted by atomic mass is 16.5. The molecule has 4 heteroatoms. The molecule has 1 saturated carbocycles.